The smallest absolute Gasteiger partial charge is 0.313 e. The number of anilines is 1. The van der Waals surface area contributed by atoms with Crippen LogP contribution in [0.4, 0.5) is 5.69 Å². The predicted octanol–water partition coefficient (Wildman–Crippen LogP) is 2.58. The summed E-state index contributed by atoms with van der Waals surface area (Å²) in [5.41, 5.74) is 3.23. The molecule has 1 unspecified atom stereocenters. The molecule has 1 fully saturated rings. The van der Waals surface area contributed by atoms with Gasteiger partial charge in [0.05, 0.1) is 12.3 Å². The van der Waals surface area contributed by atoms with Gasteiger partial charge in [0.15, 0.2) is 0 Å². The van der Waals surface area contributed by atoms with E-state index in [-0.39, 0.29) is 6.04 Å². The summed E-state index contributed by atoms with van der Waals surface area (Å²) in [7, 11) is 0. The molecule has 1 aromatic carbocycles. The van der Waals surface area contributed by atoms with Crippen LogP contribution in [0, 0.1) is 0 Å². The maximum Gasteiger partial charge on any atom is 0.313 e. The van der Waals surface area contributed by atoms with Crippen molar-refractivity contribution >= 4 is 23.1 Å². The van der Waals surface area contributed by atoms with E-state index >= 15 is 0 Å². The van der Waals surface area contributed by atoms with Crippen LogP contribution in [0.5, 0.6) is 0 Å². The number of amides is 2. The predicted molar refractivity (Wildman–Crippen MR) is 106 cm³/mol. The van der Waals surface area contributed by atoms with E-state index in [0.717, 1.165) is 23.3 Å². The van der Waals surface area contributed by atoms with Gasteiger partial charge in [0.1, 0.15) is 5.65 Å². The van der Waals surface area contributed by atoms with Crippen molar-refractivity contribution in [1.82, 2.24) is 14.3 Å². The van der Waals surface area contributed by atoms with Crippen molar-refractivity contribution in [2.45, 2.75) is 19.4 Å². The number of rotatable bonds is 2. The molecule has 1 aliphatic rings. The highest BCUT2D eigenvalue weighted by Crippen LogP contribution is 2.21. The monoisotopic (exact) mass is 378 g/mol. The highest BCUT2D eigenvalue weighted by molar-refractivity contribution is 6.39. The lowest BCUT2D eigenvalue weighted by atomic mass is 10.1. The Morgan fingerprint density at radius 2 is 1.96 bits per heavy atom. The van der Waals surface area contributed by atoms with Gasteiger partial charge in [-0.25, -0.2) is 4.98 Å². The lowest BCUT2D eigenvalue weighted by Crippen LogP contribution is -2.45. The Morgan fingerprint density at radius 3 is 2.75 bits per heavy atom. The van der Waals surface area contributed by atoms with Crippen LogP contribution in [-0.2, 0) is 14.3 Å². The summed E-state index contributed by atoms with van der Waals surface area (Å²) in [5, 5.41) is 2.69. The summed E-state index contributed by atoms with van der Waals surface area (Å²) in [6.45, 7) is 3.43. The van der Waals surface area contributed by atoms with E-state index < -0.39 is 11.8 Å². The van der Waals surface area contributed by atoms with E-state index in [0.29, 0.717) is 25.4 Å². The number of pyridine rings is 1. The van der Waals surface area contributed by atoms with E-state index in [1.54, 1.807) is 17.0 Å². The zero-order chi connectivity index (χ0) is 19.5. The molecule has 2 amide bonds. The van der Waals surface area contributed by atoms with Gasteiger partial charge in [0, 0.05) is 42.8 Å². The quantitative estimate of drug-likeness (QED) is 0.696. The molecular formula is C21H22N4O3. The summed E-state index contributed by atoms with van der Waals surface area (Å²) in [4.78, 5) is 31.0. The van der Waals surface area contributed by atoms with Gasteiger partial charge in [-0.2, -0.15) is 0 Å². The summed E-state index contributed by atoms with van der Waals surface area (Å²) >= 11 is 0. The Kier molecular flexibility index (Phi) is 5.08. The van der Waals surface area contributed by atoms with Crippen molar-refractivity contribution in [1.29, 1.82) is 0 Å². The Balaban J connectivity index is 1.45. The van der Waals surface area contributed by atoms with Gasteiger partial charge in [-0.15, -0.1) is 0 Å². The number of hydrogen-bond acceptors (Lipinski definition) is 4. The van der Waals surface area contributed by atoms with Crippen LogP contribution in [0.3, 0.4) is 0 Å². The van der Waals surface area contributed by atoms with Crippen molar-refractivity contribution in [3.63, 3.8) is 0 Å². The molecule has 1 atom stereocenters. The van der Waals surface area contributed by atoms with Gasteiger partial charge in [-0.1, -0.05) is 18.2 Å². The fourth-order valence-electron chi connectivity index (χ4n) is 3.31. The number of ether oxygens (including phenoxy) is 1. The first-order valence-electron chi connectivity index (χ1n) is 9.36. The Bertz CT molecular complexity index is 963. The van der Waals surface area contributed by atoms with Crippen molar-refractivity contribution in [3.8, 4) is 11.3 Å². The summed E-state index contributed by atoms with van der Waals surface area (Å²) in [5.74, 6) is -1.16. The number of imidazole rings is 1. The Morgan fingerprint density at radius 1 is 1.14 bits per heavy atom. The number of hydrogen-bond donors (Lipinski definition) is 1. The van der Waals surface area contributed by atoms with E-state index in [2.05, 4.69) is 10.3 Å². The van der Waals surface area contributed by atoms with Crippen molar-refractivity contribution in [2.24, 2.45) is 0 Å². The van der Waals surface area contributed by atoms with Gasteiger partial charge < -0.3 is 19.4 Å². The van der Waals surface area contributed by atoms with E-state index in [9.17, 15) is 9.59 Å². The Labute approximate surface area is 162 Å². The van der Waals surface area contributed by atoms with Crippen molar-refractivity contribution in [2.75, 3.05) is 25.1 Å². The number of aromatic nitrogens is 2. The second-order valence-corrected chi connectivity index (χ2v) is 6.87. The molecule has 1 N–H and O–H groups in total. The van der Waals surface area contributed by atoms with Gasteiger partial charge in [0.25, 0.3) is 0 Å². The Hall–Kier alpha value is -3.19. The molecule has 0 bridgehead atoms. The van der Waals surface area contributed by atoms with Crippen LogP contribution in [-0.4, -0.2) is 51.9 Å². The van der Waals surface area contributed by atoms with Crippen molar-refractivity contribution < 1.29 is 14.3 Å². The highest BCUT2D eigenvalue weighted by atomic mass is 16.5. The number of carbonyl (C=O) groups excluding carboxylic acids is 2. The van der Waals surface area contributed by atoms with Gasteiger partial charge in [-0.05, 0) is 37.6 Å². The molecule has 0 spiro atoms. The van der Waals surface area contributed by atoms with Crippen molar-refractivity contribution in [3.05, 3.63) is 54.9 Å². The summed E-state index contributed by atoms with van der Waals surface area (Å²) < 4.78 is 7.34. The summed E-state index contributed by atoms with van der Waals surface area (Å²) in [6.07, 6.45) is 4.63. The third kappa shape index (κ3) is 3.75. The molecule has 7 nitrogen and oxygen atoms in total. The fourth-order valence-corrected chi connectivity index (χ4v) is 3.31. The molecular weight excluding hydrogens is 356 g/mol. The molecule has 0 saturated carbocycles. The molecule has 1 saturated heterocycles. The second-order valence-electron chi connectivity index (χ2n) is 6.87. The van der Waals surface area contributed by atoms with Crippen LogP contribution in [0.15, 0.2) is 54.9 Å². The number of benzene rings is 1. The zero-order valence-electron chi connectivity index (χ0n) is 15.7. The van der Waals surface area contributed by atoms with E-state index in [4.69, 9.17) is 4.74 Å². The molecule has 7 heteroatoms. The van der Waals surface area contributed by atoms with Gasteiger partial charge >= 0.3 is 11.8 Å². The minimum absolute atomic E-state index is 0.0156. The lowest BCUT2D eigenvalue weighted by molar-refractivity contribution is -0.144. The van der Waals surface area contributed by atoms with E-state index in [1.165, 1.54) is 0 Å². The third-order valence-electron chi connectivity index (χ3n) is 4.95. The first-order chi connectivity index (χ1) is 13.6. The SMILES string of the molecule is CC1CCOCCN1C(=O)C(=O)Nc1ccc(-c2cn3ccccc3n2)cc1. The highest BCUT2D eigenvalue weighted by Gasteiger charge is 2.27. The number of carbonyl (C=O) groups is 2. The van der Waals surface area contributed by atoms with Gasteiger partial charge in [0.2, 0.25) is 0 Å². The fraction of sp³-hybridized carbons (Fsp3) is 0.286. The number of nitrogens with one attached hydrogen (secondary N) is 1. The normalized spacial score (nSPS) is 17.3. The maximum absolute atomic E-state index is 12.5. The first-order valence-corrected chi connectivity index (χ1v) is 9.36. The molecule has 3 heterocycles. The zero-order valence-corrected chi connectivity index (χ0v) is 15.7. The summed E-state index contributed by atoms with van der Waals surface area (Å²) in [6, 6.07) is 13.1. The molecule has 2 aromatic heterocycles. The second kappa shape index (κ2) is 7.82. The largest absolute Gasteiger partial charge is 0.380 e. The number of fused-ring (bicyclic) bond motifs is 1. The first kappa shape index (κ1) is 18.2. The van der Waals surface area contributed by atoms with E-state index in [1.807, 2.05) is 54.0 Å². The average Bonchev–Trinajstić information content (AvgIpc) is 3.03. The molecule has 3 aromatic rings. The minimum atomic E-state index is -0.630. The van der Waals surface area contributed by atoms with Gasteiger partial charge in [-0.3, -0.25) is 9.59 Å². The maximum atomic E-state index is 12.5. The standard InChI is InChI=1S/C21H22N4O3/c1-15-9-12-28-13-11-25(15)21(27)20(26)22-17-7-5-16(6-8-17)18-14-24-10-3-2-4-19(24)23-18/h2-8,10,14-15H,9,11-13H2,1H3,(H,22,26). The topological polar surface area (TPSA) is 75.9 Å². The molecule has 0 aliphatic carbocycles. The van der Waals surface area contributed by atoms with Crippen LogP contribution >= 0.6 is 0 Å². The van der Waals surface area contributed by atoms with Crippen LogP contribution in [0.1, 0.15) is 13.3 Å². The van der Waals surface area contributed by atoms with Crippen LogP contribution in [0.2, 0.25) is 0 Å². The molecule has 1 aliphatic heterocycles. The minimum Gasteiger partial charge on any atom is -0.380 e. The molecule has 144 valence electrons. The molecule has 28 heavy (non-hydrogen) atoms. The molecule has 4 rings (SSSR count). The third-order valence-corrected chi connectivity index (χ3v) is 4.95. The van der Waals surface area contributed by atoms with Crippen LogP contribution < -0.4 is 5.32 Å². The van der Waals surface area contributed by atoms with Crippen LogP contribution in [0.25, 0.3) is 16.9 Å². The molecule has 0 radical (unpaired) electrons. The average molecular weight is 378 g/mol. The lowest BCUT2D eigenvalue weighted by Gasteiger charge is -2.25. The number of nitrogens with zero attached hydrogens (tertiary/aromatic N) is 3.